The van der Waals surface area contributed by atoms with E-state index >= 15 is 0 Å². The highest BCUT2D eigenvalue weighted by Gasteiger charge is 2.37. The Labute approximate surface area is 245 Å². The van der Waals surface area contributed by atoms with Crippen LogP contribution < -0.4 is 10.6 Å². The number of hydrogen-bond acceptors (Lipinski definition) is 5. The van der Waals surface area contributed by atoms with Gasteiger partial charge in [-0.05, 0) is 75.8 Å². The predicted octanol–water partition coefficient (Wildman–Crippen LogP) is 7.04. The molecule has 0 fully saturated rings. The van der Waals surface area contributed by atoms with Crippen molar-refractivity contribution in [1.29, 1.82) is 0 Å². The van der Waals surface area contributed by atoms with E-state index in [1.54, 1.807) is 37.8 Å². The lowest BCUT2D eigenvalue weighted by Crippen LogP contribution is -2.54. The summed E-state index contributed by atoms with van der Waals surface area (Å²) in [7, 11) is 0. The number of aromatic hydroxyl groups is 1. The van der Waals surface area contributed by atoms with Crippen LogP contribution >= 0.6 is 0 Å². The van der Waals surface area contributed by atoms with Crippen molar-refractivity contribution in [3.63, 3.8) is 0 Å². The first-order valence-corrected chi connectivity index (χ1v) is 14.7. The minimum absolute atomic E-state index is 0.0618. The molecule has 8 heteroatoms. The average molecular weight is 568 g/mol. The normalized spacial score (nSPS) is 12.9. The number of phenolic OH excluding ortho intramolecular Hbond substituents is 1. The minimum Gasteiger partial charge on any atom is -0.508 e. The summed E-state index contributed by atoms with van der Waals surface area (Å²) in [6.45, 7) is 15.3. The summed E-state index contributed by atoms with van der Waals surface area (Å²) in [5, 5.41) is 15.8. The van der Waals surface area contributed by atoms with Gasteiger partial charge in [0.05, 0.1) is 0 Å². The zero-order valence-electron chi connectivity index (χ0n) is 26.0. The molecule has 2 rings (SSSR count). The van der Waals surface area contributed by atoms with Crippen molar-refractivity contribution < 1.29 is 24.2 Å². The number of aryl methyl sites for hydroxylation is 2. The summed E-state index contributed by atoms with van der Waals surface area (Å²) in [5.74, 6) is -0.933. The molecule has 226 valence electrons. The molecule has 0 saturated carbocycles. The van der Waals surface area contributed by atoms with Gasteiger partial charge >= 0.3 is 6.09 Å². The standard InChI is InChI=1S/C33H49N3O5/c1-9-10-11-12-13-21-36(31(39)27(22(2)3)35-32(40)41-33(6,7)8)29(25-17-19-26(37)20-18-25)30(38)34-28-23(4)15-14-16-24(28)5/h14-20,22,27,29,37H,9-13,21H2,1-8H3,(H,34,38)(H,35,40). The molecule has 3 N–H and O–H groups in total. The molecule has 8 nitrogen and oxygen atoms in total. The number of carbonyl (C=O) groups excluding carboxylic acids is 3. The summed E-state index contributed by atoms with van der Waals surface area (Å²) in [6.07, 6.45) is 4.14. The lowest BCUT2D eigenvalue weighted by Gasteiger charge is -2.36. The predicted molar refractivity (Wildman–Crippen MR) is 164 cm³/mol. The topological polar surface area (TPSA) is 108 Å². The maximum Gasteiger partial charge on any atom is 0.408 e. The summed E-state index contributed by atoms with van der Waals surface area (Å²) < 4.78 is 5.46. The summed E-state index contributed by atoms with van der Waals surface area (Å²) in [4.78, 5) is 42.7. The van der Waals surface area contributed by atoms with E-state index in [0.29, 0.717) is 24.2 Å². The van der Waals surface area contributed by atoms with Gasteiger partial charge in [0.25, 0.3) is 5.91 Å². The molecule has 0 aliphatic carbocycles. The molecule has 3 amide bonds. The number of carbonyl (C=O) groups is 3. The second-order valence-electron chi connectivity index (χ2n) is 12.1. The van der Waals surface area contributed by atoms with Gasteiger partial charge in [0.15, 0.2) is 0 Å². The Kier molecular flexibility index (Phi) is 12.7. The van der Waals surface area contributed by atoms with E-state index in [0.717, 1.165) is 36.8 Å². The van der Waals surface area contributed by atoms with Crippen LogP contribution in [0.5, 0.6) is 5.75 Å². The van der Waals surface area contributed by atoms with Crippen molar-refractivity contribution in [1.82, 2.24) is 10.2 Å². The number of hydrogen-bond donors (Lipinski definition) is 3. The number of ether oxygens (including phenoxy) is 1. The van der Waals surface area contributed by atoms with Crippen molar-refractivity contribution in [3.8, 4) is 5.75 Å². The highest BCUT2D eigenvalue weighted by molar-refractivity contribution is 6.00. The van der Waals surface area contributed by atoms with Gasteiger partial charge in [-0.3, -0.25) is 9.59 Å². The number of unbranched alkanes of at least 4 members (excludes halogenated alkanes) is 4. The molecule has 0 aromatic heterocycles. The van der Waals surface area contributed by atoms with Crippen LogP contribution in [0.2, 0.25) is 0 Å². The fraction of sp³-hybridized carbons (Fsp3) is 0.545. The van der Waals surface area contributed by atoms with Gasteiger partial charge in [0, 0.05) is 12.2 Å². The Balaban J connectivity index is 2.54. The fourth-order valence-electron chi connectivity index (χ4n) is 4.71. The Morgan fingerprint density at radius 3 is 2.05 bits per heavy atom. The molecule has 2 unspecified atom stereocenters. The van der Waals surface area contributed by atoms with E-state index in [-0.39, 0.29) is 23.5 Å². The molecule has 0 spiro atoms. The van der Waals surface area contributed by atoms with Crippen molar-refractivity contribution in [2.45, 2.75) is 105 Å². The lowest BCUT2D eigenvalue weighted by molar-refractivity contribution is -0.141. The number of amides is 3. The highest BCUT2D eigenvalue weighted by Crippen LogP contribution is 2.29. The third kappa shape index (κ3) is 10.4. The number of benzene rings is 2. The molecule has 0 aliphatic heterocycles. The Bertz CT molecular complexity index is 1130. The number of nitrogens with zero attached hydrogens (tertiary/aromatic N) is 1. The smallest absolute Gasteiger partial charge is 0.408 e. The maximum absolute atomic E-state index is 14.3. The number of alkyl carbamates (subject to hydrolysis) is 1. The van der Waals surface area contributed by atoms with Crippen LogP contribution in [0.1, 0.15) is 96.4 Å². The molecule has 2 aromatic carbocycles. The third-order valence-corrected chi connectivity index (χ3v) is 6.89. The largest absolute Gasteiger partial charge is 0.508 e. The van der Waals surface area contributed by atoms with E-state index in [9.17, 15) is 19.5 Å². The van der Waals surface area contributed by atoms with Gasteiger partial charge in [0.1, 0.15) is 23.4 Å². The SMILES string of the molecule is CCCCCCCN(C(=O)C(NC(=O)OC(C)(C)C)C(C)C)C(C(=O)Nc1c(C)cccc1C)c1ccc(O)cc1. The maximum atomic E-state index is 14.3. The van der Waals surface area contributed by atoms with Crippen molar-refractivity contribution >= 4 is 23.6 Å². The molecule has 0 radical (unpaired) electrons. The lowest BCUT2D eigenvalue weighted by atomic mass is 9.97. The molecule has 2 atom stereocenters. The number of phenols is 1. The summed E-state index contributed by atoms with van der Waals surface area (Å²) in [6, 6.07) is 10.2. The first-order chi connectivity index (χ1) is 19.2. The monoisotopic (exact) mass is 567 g/mol. The van der Waals surface area contributed by atoms with E-state index in [2.05, 4.69) is 17.6 Å². The van der Waals surface area contributed by atoms with Crippen LogP contribution in [0.3, 0.4) is 0 Å². The number of rotatable bonds is 13. The fourth-order valence-corrected chi connectivity index (χ4v) is 4.71. The van der Waals surface area contributed by atoms with Gasteiger partial charge < -0.3 is 25.4 Å². The molecule has 41 heavy (non-hydrogen) atoms. The van der Waals surface area contributed by atoms with Crippen molar-refractivity contribution in [2.24, 2.45) is 5.92 Å². The van der Waals surface area contributed by atoms with Gasteiger partial charge in [-0.15, -0.1) is 0 Å². The second-order valence-corrected chi connectivity index (χ2v) is 12.1. The van der Waals surface area contributed by atoms with Crippen LogP contribution in [-0.2, 0) is 14.3 Å². The first kappa shape index (κ1) is 33.7. The Hall–Kier alpha value is -3.55. The Morgan fingerprint density at radius 1 is 0.927 bits per heavy atom. The van der Waals surface area contributed by atoms with Gasteiger partial charge in [-0.2, -0.15) is 0 Å². The molecule has 0 heterocycles. The third-order valence-electron chi connectivity index (χ3n) is 6.89. The number of anilines is 1. The zero-order valence-corrected chi connectivity index (χ0v) is 26.0. The average Bonchev–Trinajstić information content (AvgIpc) is 2.88. The Morgan fingerprint density at radius 2 is 1.51 bits per heavy atom. The highest BCUT2D eigenvalue weighted by atomic mass is 16.6. The summed E-state index contributed by atoms with van der Waals surface area (Å²) >= 11 is 0. The molecule has 2 aromatic rings. The first-order valence-electron chi connectivity index (χ1n) is 14.7. The molecule has 0 saturated heterocycles. The van der Waals surface area contributed by atoms with E-state index < -0.39 is 23.8 Å². The number of nitrogens with one attached hydrogen (secondary N) is 2. The van der Waals surface area contributed by atoms with E-state index in [1.165, 1.54) is 12.1 Å². The van der Waals surface area contributed by atoms with Crippen molar-refractivity contribution in [3.05, 3.63) is 59.2 Å². The van der Waals surface area contributed by atoms with Crippen LogP contribution in [0.25, 0.3) is 0 Å². The van der Waals surface area contributed by atoms with E-state index in [1.807, 2.05) is 45.9 Å². The second kappa shape index (κ2) is 15.5. The van der Waals surface area contributed by atoms with Crippen LogP contribution in [0.15, 0.2) is 42.5 Å². The van der Waals surface area contributed by atoms with Crippen LogP contribution in [0, 0.1) is 19.8 Å². The van der Waals surface area contributed by atoms with Crippen molar-refractivity contribution in [2.75, 3.05) is 11.9 Å². The van der Waals surface area contributed by atoms with Crippen LogP contribution in [-0.4, -0.2) is 46.1 Å². The molecular weight excluding hydrogens is 518 g/mol. The number of para-hydroxylation sites is 1. The minimum atomic E-state index is -0.991. The molecule has 0 aliphatic rings. The molecular formula is C33H49N3O5. The summed E-state index contributed by atoms with van der Waals surface area (Å²) in [5.41, 5.74) is 2.35. The van der Waals surface area contributed by atoms with Gasteiger partial charge in [-0.25, -0.2) is 4.79 Å². The van der Waals surface area contributed by atoms with Crippen LogP contribution in [0.4, 0.5) is 10.5 Å². The van der Waals surface area contributed by atoms with Gasteiger partial charge in [0.2, 0.25) is 5.91 Å². The molecule has 0 bridgehead atoms. The van der Waals surface area contributed by atoms with Gasteiger partial charge in [-0.1, -0.05) is 76.8 Å². The van der Waals surface area contributed by atoms with E-state index in [4.69, 9.17) is 4.74 Å². The quantitative estimate of drug-likeness (QED) is 0.225. The zero-order chi connectivity index (χ0) is 30.7.